The average Bonchev–Trinajstić information content (AvgIpc) is 2.12. The molecule has 0 saturated carbocycles. The first-order chi connectivity index (χ1) is 5.79. The molecule has 0 aliphatic heterocycles. The van der Waals surface area contributed by atoms with Crippen molar-refractivity contribution >= 4 is 6.21 Å². The molecule has 0 aliphatic rings. The second-order valence-electron chi connectivity index (χ2n) is 2.24. The Morgan fingerprint density at radius 2 is 2.00 bits per heavy atom. The van der Waals surface area contributed by atoms with Crippen molar-refractivity contribution in [3.63, 3.8) is 0 Å². The summed E-state index contributed by atoms with van der Waals surface area (Å²) in [4.78, 5) is 0. The molecule has 2 N–H and O–H groups in total. The van der Waals surface area contributed by atoms with Gasteiger partial charge in [0.1, 0.15) is 0 Å². The fourth-order valence-corrected chi connectivity index (χ4v) is 0.833. The van der Waals surface area contributed by atoms with Gasteiger partial charge in [0.05, 0.1) is 0 Å². The van der Waals surface area contributed by atoms with Crippen LogP contribution in [0.5, 0.6) is 0 Å². The Hall–Kier alpha value is -1.31. The highest BCUT2D eigenvalue weighted by molar-refractivity contribution is 5.81. The Labute approximate surface area is 74.2 Å². The zero-order valence-electron chi connectivity index (χ0n) is 7.89. The zero-order chi connectivity index (χ0) is 9.40. The maximum Gasteiger partial charge on any atom is 0.0423 e. The normalized spacial score (nSPS) is 13.6. The van der Waals surface area contributed by atoms with Gasteiger partial charge in [0.15, 0.2) is 0 Å². The van der Waals surface area contributed by atoms with E-state index in [1.165, 1.54) is 6.21 Å². The average molecular weight is 164 g/mol. The van der Waals surface area contributed by atoms with Crippen molar-refractivity contribution < 1.29 is 0 Å². The fourth-order valence-electron chi connectivity index (χ4n) is 0.833. The molecule has 0 aromatic rings. The predicted molar refractivity (Wildman–Crippen MR) is 54.5 cm³/mol. The summed E-state index contributed by atoms with van der Waals surface area (Å²) in [5.41, 5.74) is 1.86. The third-order valence-electron chi connectivity index (χ3n) is 1.50. The first-order valence-corrected chi connectivity index (χ1v) is 3.98. The van der Waals surface area contributed by atoms with Gasteiger partial charge in [0, 0.05) is 24.5 Å². The summed E-state index contributed by atoms with van der Waals surface area (Å²) in [5.74, 6) is 0. The second kappa shape index (κ2) is 6.40. The SMILES string of the molecule is C\C=C/C=C(NC)\C(C=N)=C/C. The lowest BCUT2D eigenvalue weighted by Crippen LogP contribution is -2.08. The van der Waals surface area contributed by atoms with Gasteiger partial charge >= 0.3 is 0 Å². The van der Waals surface area contributed by atoms with Crippen LogP contribution >= 0.6 is 0 Å². The van der Waals surface area contributed by atoms with Crippen molar-refractivity contribution in [2.45, 2.75) is 13.8 Å². The van der Waals surface area contributed by atoms with Crippen LogP contribution in [-0.2, 0) is 0 Å². The van der Waals surface area contributed by atoms with Crippen molar-refractivity contribution in [3.8, 4) is 0 Å². The van der Waals surface area contributed by atoms with Crippen molar-refractivity contribution in [1.82, 2.24) is 5.32 Å². The van der Waals surface area contributed by atoms with E-state index in [1.807, 2.05) is 45.2 Å². The van der Waals surface area contributed by atoms with Gasteiger partial charge in [-0.3, -0.25) is 0 Å². The van der Waals surface area contributed by atoms with Gasteiger partial charge in [0.2, 0.25) is 0 Å². The summed E-state index contributed by atoms with van der Waals surface area (Å²) < 4.78 is 0. The fraction of sp³-hybridized carbons (Fsp3) is 0.300. The van der Waals surface area contributed by atoms with Gasteiger partial charge in [-0.1, -0.05) is 18.2 Å². The molecule has 0 unspecified atom stereocenters. The predicted octanol–water partition coefficient (Wildman–Crippen LogP) is 2.26. The second-order valence-corrected chi connectivity index (χ2v) is 2.24. The first-order valence-electron chi connectivity index (χ1n) is 3.98. The Kier molecular flexibility index (Phi) is 5.70. The van der Waals surface area contributed by atoms with Crippen LogP contribution in [-0.4, -0.2) is 13.3 Å². The maximum absolute atomic E-state index is 7.13. The smallest absolute Gasteiger partial charge is 0.0423 e. The van der Waals surface area contributed by atoms with Crippen LogP contribution in [0.3, 0.4) is 0 Å². The van der Waals surface area contributed by atoms with E-state index >= 15 is 0 Å². The van der Waals surface area contributed by atoms with E-state index in [9.17, 15) is 0 Å². The molecule has 66 valence electrons. The standard InChI is InChI=1S/C10H16N2/c1-4-6-7-10(12-3)9(5-2)8-11/h4-8,11-12H,1-3H3/b6-4-,9-5-,10-7+,11-8?. The number of likely N-dealkylation sites (N-methyl/N-ethyl adjacent to an activating group) is 1. The van der Waals surface area contributed by atoms with Gasteiger partial charge in [-0.15, -0.1) is 0 Å². The molecule has 0 aromatic heterocycles. The van der Waals surface area contributed by atoms with Gasteiger partial charge in [-0.25, -0.2) is 0 Å². The summed E-state index contributed by atoms with van der Waals surface area (Å²) in [5, 5.41) is 10.2. The summed E-state index contributed by atoms with van der Waals surface area (Å²) in [6.45, 7) is 3.88. The number of hydrogen-bond donors (Lipinski definition) is 2. The van der Waals surface area contributed by atoms with Gasteiger partial charge in [-0.2, -0.15) is 0 Å². The Balaban J connectivity index is 4.64. The minimum Gasteiger partial charge on any atom is -0.388 e. The van der Waals surface area contributed by atoms with Crippen LogP contribution in [0.25, 0.3) is 0 Å². The zero-order valence-corrected chi connectivity index (χ0v) is 7.89. The monoisotopic (exact) mass is 164 g/mol. The summed E-state index contributed by atoms with van der Waals surface area (Å²) in [6, 6.07) is 0. The molecular weight excluding hydrogens is 148 g/mol. The Morgan fingerprint density at radius 1 is 1.33 bits per heavy atom. The van der Waals surface area contributed by atoms with E-state index in [4.69, 9.17) is 5.41 Å². The molecule has 0 aliphatic carbocycles. The molecular formula is C10H16N2. The summed E-state index contributed by atoms with van der Waals surface area (Å²) >= 11 is 0. The van der Waals surface area contributed by atoms with Crippen LogP contribution in [0.4, 0.5) is 0 Å². The lowest BCUT2D eigenvalue weighted by atomic mass is 10.2. The highest BCUT2D eigenvalue weighted by Crippen LogP contribution is 2.02. The topological polar surface area (TPSA) is 35.9 Å². The number of hydrogen-bond acceptors (Lipinski definition) is 2. The van der Waals surface area contributed by atoms with Crippen molar-refractivity contribution in [3.05, 3.63) is 35.6 Å². The minimum atomic E-state index is 0.899. The molecule has 0 saturated heterocycles. The molecule has 12 heavy (non-hydrogen) atoms. The minimum absolute atomic E-state index is 0.899. The van der Waals surface area contributed by atoms with E-state index in [-0.39, 0.29) is 0 Å². The molecule has 0 bridgehead atoms. The largest absolute Gasteiger partial charge is 0.388 e. The molecule has 0 fully saturated rings. The van der Waals surface area contributed by atoms with E-state index < -0.39 is 0 Å². The van der Waals surface area contributed by atoms with Crippen LogP contribution in [0.2, 0.25) is 0 Å². The van der Waals surface area contributed by atoms with Gasteiger partial charge in [0.25, 0.3) is 0 Å². The van der Waals surface area contributed by atoms with Crippen molar-refractivity contribution in [2.75, 3.05) is 7.05 Å². The van der Waals surface area contributed by atoms with Crippen LogP contribution in [0.1, 0.15) is 13.8 Å². The van der Waals surface area contributed by atoms with Crippen LogP contribution < -0.4 is 5.32 Å². The molecule has 2 nitrogen and oxygen atoms in total. The quantitative estimate of drug-likeness (QED) is 0.485. The Morgan fingerprint density at radius 3 is 2.33 bits per heavy atom. The molecule has 0 radical (unpaired) electrons. The molecule has 2 heteroatoms. The third kappa shape index (κ3) is 3.19. The molecule has 0 aromatic carbocycles. The number of allylic oxidation sites excluding steroid dienone is 5. The number of nitrogens with one attached hydrogen (secondary N) is 2. The molecule has 0 rings (SSSR count). The van der Waals surface area contributed by atoms with E-state index in [0.717, 1.165) is 11.3 Å². The summed E-state index contributed by atoms with van der Waals surface area (Å²) in [6.07, 6.45) is 9.08. The summed E-state index contributed by atoms with van der Waals surface area (Å²) in [7, 11) is 1.85. The van der Waals surface area contributed by atoms with Crippen LogP contribution in [0, 0.1) is 5.41 Å². The molecule has 0 atom stereocenters. The van der Waals surface area contributed by atoms with Crippen LogP contribution in [0.15, 0.2) is 35.6 Å². The lowest BCUT2D eigenvalue weighted by molar-refractivity contribution is 1.02. The maximum atomic E-state index is 7.13. The molecule has 0 spiro atoms. The van der Waals surface area contributed by atoms with E-state index in [2.05, 4.69) is 5.32 Å². The van der Waals surface area contributed by atoms with E-state index in [0.29, 0.717) is 0 Å². The third-order valence-corrected chi connectivity index (χ3v) is 1.50. The van der Waals surface area contributed by atoms with Crippen molar-refractivity contribution in [2.24, 2.45) is 0 Å². The Bertz CT molecular complexity index is 222. The highest BCUT2D eigenvalue weighted by atomic mass is 14.8. The first kappa shape index (κ1) is 10.7. The van der Waals surface area contributed by atoms with Crippen molar-refractivity contribution in [1.29, 1.82) is 5.41 Å². The highest BCUT2D eigenvalue weighted by Gasteiger charge is 1.95. The molecule has 0 amide bonds. The lowest BCUT2D eigenvalue weighted by Gasteiger charge is -2.04. The van der Waals surface area contributed by atoms with Gasteiger partial charge in [-0.05, 0) is 19.9 Å². The van der Waals surface area contributed by atoms with Gasteiger partial charge < -0.3 is 10.7 Å². The molecule has 0 heterocycles. The number of rotatable bonds is 4. The van der Waals surface area contributed by atoms with E-state index in [1.54, 1.807) is 0 Å².